The number of nitrogens with one attached hydrogen (secondary N) is 1. The largest absolute Gasteiger partial charge is 0.378 e. The highest BCUT2D eigenvalue weighted by Crippen LogP contribution is 2.30. The van der Waals surface area contributed by atoms with Gasteiger partial charge >= 0.3 is 0 Å². The van der Waals surface area contributed by atoms with Crippen LogP contribution < -0.4 is 11.3 Å². The second-order valence-corrected chi connectivity index (χ2v) is 5.79. The summed E-state index contributed by atoms with van der Waals surface area (Å²) in [5.41, 5.74) is 2.15. The fourth-order valence-corrected chi connectivity index (χ4v) is 2.90. The van der Waals surface area contributed by atoms with Gasteiger partial charge in [0, 0.05) is 13.0 Å². The molecule has 0 bridgehead atoms. The molecule has 1 aliphatic carbocycles. The van der Waals surface area contributed by atoms with Crippen LogP contribution in [0.5, 0.6) is 0 Å². The number of nitrogens with two attached hydrogens (primary N) is 1. The van der Waals surface area contributed by atoms with Gasteiger partial charge in [0.05, 0.1) is 6.10 Å². The van der Waals surface area contributed by atoms with Crippen LogP contribution in [0.25, 0.3) is 0 Å². The van der Waals surface area contributed by atoms with Crippen molar-refractivity contribution in [2.45, 2.75) is 64.9 Å². The Morgan fingerprint density at radius 1 is 1.17 bits per heavy atom. The molecule has 1 aliphatic rings. The van der Waals surface area contributed by atoms with Crippen LogP contribution in [0.2, 0.25) is 0 Å². The number of hydrogen-bond acceptors (Lipinski definition) is 3. The molecule has 0 radical (unpaired) electrons. The van der Waals surface area contributed by atoms with Crippen LogP contribution in [0.1, 0.15) is 58.8 Å². The minimum atomic E-state index is -0.0779. The van der Waals surface area contributed by atoms with Gasteiger partial charge in [0.1, 0.15) is 0 Å². The maximum absolute atomic E-state index is 10.9. The monoisotopic (exact) mass is 256 g/mol. The SMILES string of the molecule is CC1CC(C)CC(OCCCCCC(=O)NN)C1. The normalized spacial score (nSPS) is 28.1. The molecule has 2 atom stereocenters. The number of unbranched alkanes of at least 4 members (excludes halogenated alkanes) is 2. The van der Waals surface area contributed by atoms with E-state index in [2.05, 4.69) is 19.3 Å². The molecule has 106 valence electrons. The number of rotatable bonds is 7. The average molecular weight is 256 g/mol. The molecular weight excluding hydrogens is 228 g/mol. The van der Waals surface area contributed by atoms with Gasteiger partial charge in [0.2, 0.25) is 5.91 Å². The topological polar surface area (TPSA) is 64.3 Å². The second kappa shape index (κ2) is 8.48. The predicted molar refractivity (Wildman–Crippen MR) is 72.7 cm³/mol. The molecule has 1 fully saturated rings. The standard InChI is InChI=1S/C14H28N2O2/c1-11-8-12(2)10-13(9-11)18-7-5-3-4-6-14(17)16-15/h11-13H,3-10,15H2,1-2H3,(H,16,17). The molecule has 0 aromatic carbocycles. The Labute approximate surface area is 111 Å². The zero-order chi connectivity index (χ0) is 13.4. The van der Waals surface area contributed by atoms with E-state index in [0.29, 0.717) is 12.5 Å². The average Bonchev–Trinajstić information content (AvgIpc) is 2.32. The van der Waals surface area contributed by atoms with Crippen LogP contribution in [0.3, 0.4) is 0 Å². The van der Waals surface area contributed by atoms with Gasteiger partial charge in [-0.2, -0.15) is 0 Å². The van der Waals surface area contributed by atoms with Gasteiger partial charge in [-0.3, -0.25) is 10.2 Å². The lowest BCUT2D eigenvalue weighted by atomic mass is 9.82. The van der Waals surface area contributed by atoms with E-state index in [-0.39, 0.29) is 5.91 Å². The van der Waals surface area contributed by atoms with Crippen molar-refractivity contribution in [2.75, 3.05) is 6.61 Å². The first-order valence-corrected chi connectivity index (χ1v) is 7.22. The maximum Gasteiger partial charge on any atom is 0.233 e. The van der Waals surface area contributed by atoms with Crippen molar-refractivity contribution in [1.29, 1.82) is 0 Å². The molecule has 0 saturated heterocycles. The minimum Gasteiger partial charge on any atom is -0.378 e. The molecule has 0 spiro atoms. The van der Waals surface area contributed by atoms with Crippen LogP contribution in [0, 0.1) is 11.8 Å². The molecule has 1 saturated carbocycles. The molecule has 0 aliphatic heterocycles. The smallest absolute Gasteiger partial charge is 0.233 e. The first-order valence-electron chi connectivity index (χ1n) is 7.22. The summed E-state index contributed by atoms with van der Waals surface area (Å²) in [6, 6.07) is 0. The molecule has 4 heteroatoms. The van der Waals surface area contributed by atoms with Crippen molar-refractivity contribution in [2.24, 2.45) is 17.7 Å². The molecule has 18 heavy (non-hydrogen) atoms. The van der Waals surface area contributed by atoms with Crippen LogP contribution in [0.15, 0.2) is 0 Å². The summed E-state index contributed by atoms with van der Waals surface area (Å²) in [6.45, 7) is 5.46. The number of ether oxygens (including phenoxy) is 1. The van der Waals surface area contributed by atoms with Crippen molar-refractivity contribution in [3.8, 4) is 0 Å². The van der Waals surface area contributed by atoms with E-state index in [4.69, 9.17) is 10.6 Å². The molecule has 1 amide bonds. The number of hydrazine groups is 1. The molecule has 1 rings (SSSR count). The highest BCUT2D eigenvalue weighted by Gasteiger charge is 2.23. The quantitative estimate of drug-likeness (QED) is 0.318. The Morgan fingerprint density at radius 2 is 1.83 bits per heavy atom. The summed E-state index contributed by atoms with van der Waals surface area (Å²) in [5, 5.41) is 0. The Balaban J connectivity index is 1.99. The number of carbonyl (C=O) groups excluding carboxylic acids is 1. The second-order valence-electron chi connectivity index (χ2n) is 5.79. The Hall–Kier alpha value is -0.610. The Bertz CT molecular complexity index is 236. The van der Waals surface area contributed by atoms with E-state index in [1.807, 2.05) is 0 Å². The van der Waals surface area contributed by atoms with E-state index in [1.54, 1.807) is 0 Å². The molecule has 4 nitrogen and oxygen atoms in total. The molecule has 2 unspecified atom stereocenters. The van der Waals surface area contributed by atoms with E-state index in [0.717, 1.165) is 37.7 Å². The summed E-state index contributed by atoms with van der Waals surface area (Å²) >= 11 is 0. The molecule has 3 N–H and O–H groups in total. The van der Waals surface area contributed by atoms with E-state index in [1.165, 1.54) is 19.3 Å². The van der Waals surface area contributed by atoms with E-state index >= 15 is 0 Å². The van der Waals surface area contributed by atoms with Crippen LogP contribution in [0.4, 0.5) is 0 Å². The lowest BCUT2D eigenvalue weighted by Gasteiger charge is -2.31. The number of hydrogen-bond donors (Lipinski definition) is 2. The fraction of sp³-hybridized carbons (Fsp3) is 0.929. The molecule has 0 aromatic rings. The predicted octanol–water partition coefficient (Wildman–Crippen LogP) is 2.38. The Kier molecular flexibility index (Phi) is 7.28. The fourth-order valence-electron chi connectivity index (χ4n) is 2.90. The van der Waals surface area contributed by atoms with Crippen LogP contribution in [-0.4, -0.2) is 18.6 Å². The number of amides is 1. The third-order valence-corrected chi connectivity index (χ3v) is 3.70. The van der Waals surface area contributed by atoms with Crippen molar-refractivity contribution in [1.82, 2.24) is 5.43 Å². The lowest BCUT2D eigenvalue weighted by molar-refractivity contribution is -0.121. The zero-order valence-corrected chi connectivity index (χ0v) is 11.8. The van der Waals surface area contributed by atoms with Gasteiger partial charge < -0.3 is 4.74 Å². The van der Waals surface area contributed by atoms with Crippen molar-refractivity contribution in [3.63, 3.8) is 0 Å². The Morgan fingerprint density at radius 3 is 2.44 bits per heavy atom. The van der Waals surface area contributed by atoms with E-state index in [9.17, 15) is 4.79 Å². The van der Waals surface area contributed by atoms with Gasteiger partial charge in [-0.1, -0.05) is 20.3 Å². The van der Waals surface area contributed by atoms with Gasteiger partial charge in [-0.25, -0.2) is 5.84 Å². The highest BCUT2D eigenvalue weighted by atomic mass is 16.5. The minimum absolute atomic E-state index is 0.0779. The van der Waals surface area contributed by atoms with Gasteiger partial charge in [0.15, 0.2) is 0 Å². The third-order valence-electron chi connectivity index (χ3n) is 3.70. The van der Waals surface area contributed by atoms with Crippen LogP contribution >= 0.6 is 0 Å². The molecular formula is C14H28N2O2. The first kappa shape index (κ1) is 15.4. The van der Waals surface area contributed by atoms with Crippen molar-refractivity contribution < 1.29 is 9.53 Å². The summed E-state index contributed by atoms with van der Waals surface area (Å²) < 4.78 is 5.93. The zero-order valence-electron chi connectivity index (χ0n) is 11.8. The van der Waals surface area contributed by atoms with Crippen molar-refractivity contribution in [3.05, 3.63) is 0 Å². The van der Waals surface area contributed by atoms with Gasteiger partial charge in [0.25, 0.3) is 0 Å². The van der Waals surface area contributed by atoms with E-state index < -0.39 is 0 Å². The maximum atomic E-state index is 10.9. The third kappa shape index (κ3) is 6.36. The first-order chi connectivity index (χ1) is 8.61. The van der Waals surface area contributed by atoms with Gasteiger partial charge in [-0.05, 0) is 43.9 Å². The summed E-state index contributed by atoms with van der Waals surface area (Å²) in [6.07, 6.45) is 7.70. The highest BCUT2D eigenvalue weighted by molar-refractivity contribution is 5.74. The van der Waals surface area contributed by atoms with Gasteiger partial charge in [-0.15, -0.1) is 0 Å². The molecule has 0 heterocycles. The summed E-state index contributed by atoms with van der Waals surface area (Å²) in [5.74, 6) is 6.53. The lowest BCUT2D eigenvalue weighted by Crippen LogP contribution is -2.29. The van der Waals surface area contributed by atoms with Crippen LogP contribution in [-0.2, 0) is 9.53 Å². The summed E-state index contributed by atoms with van der Waals surface area (Å²) in [7, 11) is 0. The number of carbonyl (C=O) groups is 1. The molecule has 0 aromatic heterocycles. The summed E-state index contributed by atoms with van der Waals surface area (Å²) in [4.78, 5) is 10.9. The van der Waals surface area contributed by atoms with Crippen molar-refractivity contribution >= 4 is 5.91 Å².